The zero-order chi connectivity index (χ0) is 18.0. The molecule has 132 valence electrons. The van der Waals surface area contributed by atoms with Crippen molar-refractivity contribution in [1.82, 2.24) is 4.57 Å². The summed E-state index contributed by atoms with van der Waals surface area (Å²) >= 11 is 5.99. The van der Waals surface area contributed by atoms with Gasteiger partial charge in [-0.2, -0.15) is 0 Å². The third-order valence-corrected chi connectivity index (χ3v) is 5.24. The maximum atomic E-state index is 11.3. The molecule has 0 atom stereocenters. The first-order chi connectivity index (χ1) is 12.0. The van der Waals surface area contributed by atoms with Gasteiger partial charge >= 0.3 is 5.97 Å². The second kappa shape index (κ2) is 7.44. The van der Waals surface area contributed by atoms with Crippen molar-refractivity contribution in [2.75, 3.05) is 0 Å². The van der Waals surface area contributed by atoms with E-state index in [-0.39, 0.29) is 10.6 Å². The molecular formula is C20H23ClN2O2. The van der Waals surface area contributed by atoms with E-state index in [0.717, 1.165) is 22.6 Å². The first-order valence-electron chi connectivity index (χ1n) is 8.72. The van der Waals surface area contributed by atoms with E-state index >= 15 is 0 Å². The van der Waals surface area contributed by atoms with Crippen LogP contribution in [0.25, 0.3) is 5.69 Å². The van der Waals surface area contributed by atoms with Gasteiger partial charge in [0.25, 0.3) is 0 Å². The predicted octanol–water partition coefficient (Wildman–Crippen LogP) is 5.20. The molecule has 3 rings (SSSR count). The molecule has 0 unspecified atom stereocenters. The largest absolute Gasteiger partial charge is 0.478 e. The van der Waals surface area contributed by atoms with E-state index in [1.165, 1.54) is 32.1 Å². The molecule has 1 aliphatic rings. The molecule has 4 nitrogen and oxygen atoms in total. The van der Waals surface area contributed by atoms with Crippen LogP contribution in [0.15, 0.2) is 29.3 Å². The minimum Gasteiger partial charge on any atom is -0.478 e. The number of carboxylic acid groups (broad SMARTS) is 1. The van der Waals surface area contributed by atoms with Gasteiger partial charge in [-0.3, -0.25) is 4.99 Å². The third kappa shape index (κ3) is 3.79. The quantitative estimate of drug-likeness (QED) is 0.764. The second-order valence-corrected chi connectivity index (χ2v) is 7.11. The molecule has 0 bridgehead atoms. The van der Waals surface area contributed by atoms with E-state index in [9.17, 15) is 9.90 Å². The molecule has 25 heavy (non-hydrogen) atoms. The Kier molecular flexibility index (Phi) is 5.28. The first-order valence-corrected chi connectivity index (χ1v) is 9.10. The zero-order valence-corrected chi connectivity index (χ0v) is 15.4. The number of rotatable bonds is 4. The standard InChI is InChI=1S/C20H23ClN2O2/c1-13-10-15(12-22-16-6-4-3-5-7-16)14(2)23(13)17-8-9-19(21)18(11-17)20(24)25/h8-12,16H,3-7H2,1-2H3,(H,24,25). The second-order valence-electron chi connectivity index (χ2n) is 6.70. The molecule has 1 aliphatic carbocycles. The molecule has 1 heterocycles. The molecular weight excluding hydrogens is 336 g/mol. The van der Waals surface area contributed by atoms with Crippen LogP contribution < -0.4 is 0 Å². The van der Waals surface area contributed by atoms with Crippen LogP contribution in [-0.2, 0) is 0 Å². The van der Waals surface area contributed by atoms with E-state index in [2.05, 4.69) is 6.07 Å². The molecule has 1 fully saturated rings. The molecule has 0 saturated heterocycles. The van der Waals surface area contributed by atoms with Crippen LogP contribution in [0, 0.1) is 13.8 Å². The Morgan fingerprint density at radius 1 is 1.24 bits per heavy atom. The molecule has 0 radical (unpaired) electrons. The highest BCUT2D eigenvalue weighted by Crippen LogP contribution is 2.25. The van der Waals surface area contributed by atoms with E-state index < -0.39 is 5.97 Å². The fourth-order valence-corrected chi connectivity index (χ4v) is 3.75. The zero-order valence-electron chi connectivity index (χ0n) is 14.6. The predicted molar refractivity (Wildman–Crippen MR) is 102 cm³/mol. The molecule has 1 N–H and O–H groups in total. The number of nitrogens with zero attached hydrogens (tertiary/aromatic N) is 2. The fourth-order valence-electron chi connectivity index (χ4n) is 3.55. The number of halogens is 1. The van der Waals surface area contributed by atoms with Crippen molar-refractivity contribution in [3.05, 3.63) is 51.8 Å². The van der Waals surface area contributed by atoms with Crippen molar-refractivity contribution < 1.29 is 9.90 Å². The summed E-state index contributed by atoms with van der Waals surface area (Å²) in [6, 6.07) is 7.63. The maximum absolute atomic E-state index is 11.3. The normalized spacial score (nSPS) is 15.8. The number of benzene rings is 1. The lowest BCUT2D eigenvalue weighted by atomic mass is 9.96. The van der Waals surface area contributed by atoms with E-state index in [4.69, 9.17) is 16.6 Å². The van der Waals surface area contributed by atoms with Gasteiger partial charge < -0.3 is 9.67 Å². The van der Waals surface area contributed by atoms with E-state index in [1.54, 1.807) is 12.1 Å². The number of aromatic nitrogens is 1. The maximum Gasteiger partial charge on any atom is 0.337 e. The van der Waals surface area contributed by atoms with Gasteiger partial charge in [-0.15, -0.1) is 0 Å². The van der Waals surface area contributed by atoms with Crippen LogP contribution in [0.5, 0.6) is 0 Å². The topological polar surface area (TPSA) is 54.6 Å². The van der Waals surface area contributed by atoms with Crippen molar-refractivity contribution in [3.63, 3.8) is 0 Å². The van der Waals surface area contributed by atoms with Gasteiger partial charge in [0.2, 0.25) is 0 Å². The van der Waals surface area contributed by atoms with Gasteiger partial charge in [0.05, 0.1) is 10.6 Å². The SMILES string of the molecule is Cc1cc(C=NC2CCCCC2)c(C)n1-c1ccc(Cl)c(C(=O)O)c1. The summed E-state index contributed by atoms with van der Waals surface area (Å²) in [5.41, 5.74) is 4.09. The van der Waals surface area contributed by atoms with Gasteiger partial charge in [-0.25, -0.2) is 4.79 Å². The summed E-state index contributed by atoms with van der Waals surface area (Å²) in [6.07, 6.45) is 8.18. The summed E-state index contributed by atoms with van der Waals surface area (Å²) in [6.45, 7) is 4.05. The van der Waals surface area contributed by atoms with Gasteiger partial charge in [-0.05, 0) is 51.0 Å². The number of hydrogen-bond acceptors (Lipinski definition) is 2. The number of aromatic carboxylic acids is 1. The number of carbonyl (C=O) groups is 1. The molecule has 2 aromatic rings. The summed E-state index contributed by atoms with van der Waals surface area (Å²) in [4.78, 5) is 16.1. The Morgan fingerprint density at radius 2 is 1.96 bits per heavy atom. The minimum absolute atomic E-state index is 0.115. The van der Waals surface area contributed by atoms with Gasteiger partial charge in [0.1, 0.15) is 0 Å². The van der Waals surface area contributed by atoms with Crippen molar-refractivity contribution in [2.24, 2.45) is 4.99 Å². The molecule has 1 saturated carbocycles. The molecule has 0 aliphatic heterocycles. The molecule has 5 heteroatoms. The summed E-state index contributed by atoms with van der Waals surface area (Å²) in [5.74, 6) is -1.02. The van der Waals surface area contributed by atoms with Gasteiger partial charge in [-0.1, -0.05) is 30.9 Å². The monoisotopic (exact) mass is 358 g/mol. The Labute approximate surface area is 153 Å². The molecule has 1 aromatic heterocycles. The highest BCUT2D eigenvalue weighted by atomic mass is 35.5. The Balaban J connectivity index is 1.93. The van der Waals surface area contributed by atoms with Crippen molar-refractivity contribution >= 4 is 23.8 Å². The average molecular weight is 359 g/mol. The average Bonchev–Trinajstić information content (AvgIpc) is 2.88. The van der Waals surface area contributed by atoms with Crippen LogP contribution in [0.2, 0.25) is 5.02 Å². The lowest BCUT2D eigenvalue weighted by molar-refractivity contribution is 0.0697. The molecule has 1 aromatic carbocycles. The fraction of sp³-hybridized carbons (Fsp3) is 0.400. The van der Waals surface area contributed by atoms with Crippen molar-refractivity contribution in [1.29, 1.82) is 0 Å². The Hall–Kier alpha value is -2.07. The summed E-state index contributed by atoms with van der Waals surface area (Å²) in [7, 11) is 0. The lowest BCUT2D eigenvalue weighted by Crippen LogP contribution is -2.09. The third-order valence-electron chi connectivity index (χ3n) is 4.91. The van der Waals surface area contributed by atoms with Gasteiger partial charge in [0.15, 0.2) is 0 Å². The van der Waals surface area contributed by atoms with E-state index in [0.29, 0.717) is 6.04 Å². The Morgan fingerprint density at radius 3 is 2.64 bits per heavy atom. The number of hydrogen-bond donors (Lipinski definition) is 1. The summed E-state index contributed by atoms with van der Waals surface area (Å²) < 4.78 is 2.05. The number of aryl methyl sites for hydroxylation is 1. The highest BCUT2D eigenvalue weighted by Gasteiger charge is 2.15. The lowest BCUT2D eigenvalue weighted by Gasteiger charge is -2.17. The van der Waals surface area contributed by atoms with Crippen LogP contribution in [0.4, 0.5) is 0 Å². The van der Waals surface area contributed by atoms with Crippen molar-refractivity contribution in [2.45, 2.75) is 52.0 Å². The number of aliphatic imine (C=N–C) groups is 1. The molecule has 0 spiro atoms. The van der Waals surface area contributed by atoms with E-state index in [1.807, 2.05) is 30.7 Å². The smallest absolute Gasteiger partial charge is 0.337 e. The van der Waals surface area contributed by atoms with Crippen LogP contribution >= 0.6 is 11.6 Å². The van der Waals surface area contributed by atoms with Crippen LogP contribution in [0.3, 0.4) is 0 Å². The van der Waals surface area contributed by atoms with Crippen molar-refractivity contribution in [3.8, 4) is 5.69 Å². The number of carboxylic acids is 1. The highest BCUT2D eigenvalue weighted by molar-refractivity contribution is 6.33. The van der Waals surface area contributed by atoms with Gasteiger partial charge in [0, 0.05) is 34.9 Å². The Bertz CT molecular complexity index is 817. The minimum atomic E-state index is -1.02. The summed E-state index contributed by atoms with van der Waals surface area (Å²) in [5, 5.41) is 9.54. The van der Waals surface area contributed by atoms with Crippen LogP contribution in [-0.4, -0.2) is 27.9 Å². The molecule has 0 amide bonds. The first kappa shape index (κ1) is 17.7. The van der Waals surface area contributed by atoms with Crippen LogP contribution in [0.1, 0.15) is 59.4 Å².